The van der Waals surface area contributed by atoms with Crippen LogP contribution in [-0.2, 0) is 14.2 Å². The third-order valence-corrected chi connectivity index (χ3v) is 12.3. The summed E-state index contributed by atoms with van der Waals surface area (Å²) in [5, 5.41) is 0. The molecule has 0 unspecified atom stereocenters. The van der Waals surface area contributed by atoms with E-state index >= 15 is 0 Å². The second-order valence-electron chi connectivity index (χ2n) is 19.6. The van der Waals surface area contributed by atoms with E-state index in [0.29, 0.717) is 19.8 Å². The number of ether oxygens (including phenoxy) is 3. The highest BCUT2D eigenvalue weighted by molar-refractivity contribution is 4.94. The molecule has 0 radical (unpaired) electrons. The first kappa shape index (κ1) is 63.3. The molecule has 0 fully saturated rings. The van der Waals surface area contributed by atoms with Gasteiger partial charge in [0.1, 0.15) is 0 Å². The topological polar surface area (TPSA) is 30.9 Å². The van der Waals surface area contributed by atoms with E-state index < -0.39 is 0 Å². The van der Waals surface area contributed by atoms with Gasteiger partial charge < -0.3 is 19.1 Å². The van der Waals surface area contributed by atoms with Crippen molar-refractivity contribution in [1.82, 2.24) is 4.90 Å². The van der Waals surface area contributed by atoms with Crippen molar-refractivity contribution in [1.29, 1.82) is 0 Å². The lowest BCUT2D eigenvalue weighted by molar-refractivity contribution is -0.0801. The van der Waals surface area contributed by atoms with Gasteiger partial charge in [0, 0.05) is 26.4 Å². The lowest BCUT2D eigenvalue weighted by Crippen LogP contribution is -2.45. The standard InChI is InChI=1S/C61H113NO3/c1-6-9-12-15-18-21-24-27-30-33-36-39-42-45-48-51-54-63-58-61(57-62(4)5,59-64-55-52-49-46-43-40-37-34-31-28-25-22-19-16-13-10-7-2)60-65-56-53-50-47-44-41-38-35-32-29-26-23-20-17-14-11-8-3/h18-23,27-32H,6-17,24-26,33-60H2,1-5H3/b21-18-,22-19-,23-20-,30-27-,31-28-,32-29-. The number of nitrogens with zero attached hydrogens (tertiary/aromatic N) is 1. The molecule has 0 saturated carbocycles. The van der Waals surface area contributed by atoms with Crippen LogP contribution in [0.15, 0.2) is 72.9 Å². The third kappa shape index (κ3) is 51.5. The van der Waals surface area contributed by atoms with Gasteiger partial charge in [0.05, 0.1) is 25.2 Å². The van der Waals surface area contributed by atoms with E-state index in [4.69, 9.17) is 14.2 Å². The molecule has 0 spiro atoms. The fourth-order valence-corrected chi connectivity index (χ4v) is 8.38. The van der Waals surface area contributed by atoms with Crippen LogP contribution in [0, 0.1) is 5.41 Å². The first-order valence-electron chi connectivity index (χ1n) is 28.4. The predicted molar refractivity (Wildman–Crippen MR) is 292 cm³/mol. The first-order chi connectivity index (χ1) is 32.1. The number of unbranched alkanes of at least 4 members (excludes halogenated alkanes) is 27. The van der Waals surface area contributed by atoms with Gasteiger partial charge in [0.15, 0.2) is 0 Å². The predicted octanol–water partition coefficient (Wildman–Crippen LogP) is 19.0. The molecule has 0 amide bonds. The van der Waals surface area contributed by atoms with Gasteiger partial charge >= 0.3 is 0 Å². The number of hydrogen-bond acceptors (Lipinski definition) is 4. The molecule has 65 heavy (non-hydrogen) atoms. The van der Waals surface area contributed by atoms with Gasteiger partial charge in [-0.25, -0.2) is 0 Å². The number of allylic oxidation sites excluding steroid dienone is 12. The molecule has 0 bridgehead atoms. The maximum Gasteiger partial charge on any atom is 0.0579 e. The van der Waals surface area contributed by atoms with E-state index in [1.807, 2.05) is 0 Å². The Morgan fingerprint density at radius 2 is 0.523 bits per heavy atom. The zero-order valence-corrected chi connectivity index (χ0v) is 44.5. The molecular weight excluding hydrogens is 795 g/mol. The Kier molecular flexibility index (Phi) is 53.4. The van der Waals surface area contributed by atoms with E-state index in [0.717, 1.165) is 64.9 Å². The van der Waals surface area contributed by atoms with Crippen LogP contribution in [0.25, 0.3) is 0 Å². The summed E-state index contributed by atoms with van der Waals surface area (Å²) in [4.78, 5) is 2.30. The van der Waals surface area contributed by atoms with E-state index in [1.165, 1.54) is 193 Å². The van der Waals surface area contributed by atoms with Gasteiger partial charge in [-0.05, 0) is 130 Å². The molecule has 4 heteroatoms. The van der Waals surface area contributed by atoms with Crippen LogP contribution in [0.3, 0.4) is 0 Å². The summed E-state index contributed by atoms with van der Waals surface area (Å²) in [5.74, 6) is 0. The lowest BCUT2D eigenvalue weighted by Gasteiger charge is -2.35. The van der Waals surface area contributed by atoms with Crippen molar-refractivity contribution in [3.05, 3.63) is 72.9 Å². The van der Waals surface area contributed by atoms with Gasteiger partial charge in [0.2, 0.25) is 0 Å². The van der Waals surface area contributed by atoms with Crippen molar-refractivity contribution in [2.75, 3.05) is 60.3 Å². The van der Waals surface area contributed by atoms with Crippen molar-refractivity contribution in [3.8, 4) is 0 Å². The van der Waals surface area contributed by atoms with Crippen LogP contribution < -0.4 is 0 Å². The van der Waals surface area contributed by atoms with Crippen LogP contribution in [0.4, 0.5) is 0 Å². The van der Waals surface area contributed by atoms with E-state index in [1.54, 1.807) is 0 Å². The third-order valence-electron chi connectivity index (χ3n) is 12.3. The van der Waals surface area contributed by atoms with Gasteiger partial charge in [-0.2, -0.15) is 0 Å². The maximum absolute atomic E-state index is 6.48. The molecule has 0 atom stereocenters. The molecule has 4 nitrogen and oxygen atoms in total. The molecule has 0 aromatic carbocycles. The van der Waals surface area contributed by atoms with Crippen LogP contribution in [0.2, 0.25) is 0 Å². The smallest absolute Gasteiger partial charge is 0.0579 e. The van der Waals surface area contributed by atoms with Crippen molar-refractivity contribution in [3.63, 3.8) is 0 Å². The zero-order chi connectivity index (χ0) is 47.1. The highest BCUT2D eigenvalue weighted by Crippen LogP contribution is 2.23. The average Bonchev–Trinajstić information content (AvgIpc) is 3.30. The average molecular weight is 909 g/mol. The Bertz CT molecular complexity index is 960. The summed E-state index contributed by atoms with van der Waals surface area (Å²) in [6.45, 7) is 12.4. The highest BCUT2D eigenvalue weighted by Gasteiger charge is 2.32. The lowest BCUT2D eigenvalue weighted by atomic mass is 9.90. The van der Waals surface area contributed by atoms with Gasteiger partial charge in [-0.1, -0.05) is 209 Å². The number of hydrogen-bond donors (Lipinski definition) is 0. The van der Waals surface area contributed by atoms with Crippen molar-refractivity contribution < 1.29 is 14.2 Å². The van der Waals surface area contributed by atoms with Crippen LogP contribution in [0.1, 0.15) is 252 Å². The van der Waals surface area contributed by atoms with Gasteiger partial charge in [0.25, 0.3) is 0 Å². The molecule has 0 rings (SSSR count). The molecule has 0 aromatic heterocycles. The van der Waals surface area contributed by atoms with Crippen LogP contribution in [-0.4, -0.2) is 65.2 Å². The SMILES string of the molecule is CCCCC/C=C\C/C=C\CCCCCCCCOCC(COCCCCCCCC/C=C\C/C=C\CCCCC)(COCCCCCCCC/C=C\C/C=C\CCCCC)CN(C)C. The Balaban J connectivity index is 4.55. The minimum atomic E-state index is -0.140. The molecule has 0 heterocycles. The first-order valence-corrected chi connectivity index (χ1v) is 28.4. The Hall–Kier alpha value is -1.72. The molecule has 0 N–H and O–H groups in total. The molecule has 0 saturated heterocycles. The monoisotopic (exact) mass is 908 g/mol. The minimum Gasteiger partial charge on any atom is -0.381 e. The Labute approximate surface area is 408 Å². The largest absolute Gasteiger partial charge is 0.381 e. The summed E-state index contributed by atoms with van der Waals surface area (Å²) >= 11 is 0. The highest BCUT2D eigenvalue weighted by atomic mass is 16.5. The summed E-state index contributed by atoms with van der Waals surface area (Å²) < 4.78 is 19.4. The quantitative estimate of drug-likeness (QED) is 0.0449. The maximum atomic E-state index is 6.48. The summed E-state index contributed by atoms with van der Waals surface area (Å²) in [7, 11) is 4.37. The van der Waals surface area contributed by atoms with Gasteiger partial charge in [-0.15, -0.1) is 0 Å². The fourth-order valence-electron chi connectivity index (χ4n) is 8.38. The molecule has 0 aliphatic rings. The fraction of sp³-hybridized carbons (Fsp3) is 0.803. The van der Waals surface area contributed by atoms with Crippen molar-refractivity contribution in [2.24, 2.45) is 5.41 Å². The summed E-state index contributed by atoms with van der Waals surface area (Å²) in [5.41, 5.74) is -0.140. The molecule has 0 aliphatic carbocycles. The normalized spacial score (nSPS) is 12.8. The van der Waals surface area contributed by atoms with E-state index in [2.05, 4.69) is 113 Å². The zero-order valence-electron chi connectivity index (χ0n) is 44.5. The van der Waals surface area contributed by atoms with Crippen molar-refractivity contribution >= 4 is 0 Å². The molecule has 0 aromatic rings. The molecular formula is C61H113NO3. The molecule has 380 valence electrons. The molecule has 0 aliphatic heterocycles. The Morgan fingerprint density at radius 3 is 0.769 bits per heavy atom. The van der Waals surface area contributed by atoms with Crippen LogP contribution in [0.5, 0.6) is 0 Å². The van der Waals surface area contributed by atoms with Crippen molar-refractivity contribution in [2.45, 2.75) is 252 Å². The van der Waals surface area contributed by atoms with Crippen LogP contribution >= 0.6 is 0 Å². The number of rotatable bonds is 53. The van der Waals surface area contributed by atoms with E-state index in [-0.39, 0.29) is 5.41 Å². The second-order valence-corrected chi connectivity index (χ2v) is 19.6. The van der Waals surface area contributed by atoms with E-state index in [9.17, 15) is 0 Å². The summed E-state index contributed by atoms with van der Waals surface area (Å²) in [6, 6.07) is 0. The Morgan fingerprint density at radius 1 is 0.292 bits per heavy atom. The van der Waals surface area contributed by atoms with Gasteiger partial charge in [-0.3, -0.25) is 0 Å². The minimum absolute atomic E-state index is 0.140. The summed E-state index contributed by atoms with van der Waals surface area (Å²) in [6.07, 6.45) is 73.9. The second kappa shape index (κ2) is 54.9.